The molecule has 0 aliphatic carbocycles. The SMILES string of the molecule is NCC(=O)[C@H](O)[C@@H](O)[C@H](O)[C@H](O)CO. The first-order valence-electron chi connectivity index (χ1n) is 4.01. The number of hydrogen-bond acceptors (Lipinski definition) is 7. The Morgan fingerprint density at radius 1 is 1.14 bits per heavy atom. The highest BCUT2D eigenvalue weighted by Gasteiger charge is 2.33. The number of hydrogen-bond donors (Lipinski definition) is 6. The first kappa shape index (κ1) is 13.4. The van der Waals surface area contributed by atoms with Gasteiger partial charge in [0.2, 0.25) is 0 Å². The number of carbonyl (C=O) groups is 1. The van der Waals surface area contributed by atoms with E-state index >= 15 is 0 Å². The molecule has 0 radical (unpaired) electrons. The molecular formula is C7H15NO6. The van der Waals surface area contributed by atoms with E-state index in [0.29, 0.717) is 0 Å². The lowest BCUT2D eigenvalue weighted by atomic mass is 10.0. The molecule has 14 heavy (non-hydrogen) atoms. The Bertz CT molecular complexity index is 187. The van der Waals surface area contributed by atoms with Gasteiger partial charge in [-0.15, -0.1) is 0 Å². The summed E-state index contributed by atoms with van der Waals surface area (Å²) >= 11 is 0. The smallest absolute Gasteiger partial charge is 0.177 e. The Morgan fingerprint density at radius 3 is 2.00 bits per heavy atom. The van der Waals surface area contributed by atoms with Gasteiger partial charge in [-0.25, -0.2) is 0 Å². The summed E-state index contributed by atoms with van der Waals surface area (Å²) < 4.78 is 0. The average Bonchev–Trinajstić information content (AvgIpc) is 2.23. The maximum absolute atomic E-state index is 10.8. The third kappa shape index (κ3) is 3.29. The van der Waals surface area contributed by atoms with Crippen molar-refractivity contribution in [2.24, 2.45) is 5.73 Å². The zero-order valence-electron chi connectivity index (χ0n) is 7.45. The van der Waals surface area contributed by atoms with Crippen molar-refractivity contribution in [3.05, 3.63) is 0 Å². The summed E-state index contributed by atoms with van der Waals surface area (Å²) in [5.41, 5.74) is 4.91. The third-order valence-corrected chi connectivity index (χ3v) is 1.79. The van der Waals surface area contributed by atoms with Gasteiger partial charge in [-0.05, 0) is 0 Å². The van der Waals surface area contributed by atoms with Crippen LogP contribution in [0.4, 0.5) is 0 Å². The Hall–Kier alpha value is -0.570. The molecule has 7 nitrogen and oxygen atoms in total. The van der Waals surface area contributed by atoms with Crippen LogP contribution in [0.5, 0.6) is 0 Å². The second-order valence-corrected chi connectivity index (χ2v) is 2.85. The fraction of sp³-hybridized carbons (Fsp3) is 0.857. The lowest BCUT2D eigenvalue weighted by molar-refractivity contribution is -0.145. The zero-order valence-corrected chi connectivity index (χ0v) is 7.45. The van der Waals surface area contributed by atoms with Crippen LogP contribution in [0.1, 0.15) is 0 Å². The van der Waals surface area contributed by atoms with Gasteiger partial charge in [0, 0.05) is 0 Å². The van der Waals surface area contributed by atoms with Crippen molar-refractivity contribution in [3.8, 4) is 0 Å². The van der Waals surface area contributed by atoms with Crippen LogP contribution in [0.2, 0.25) is 0 Å². The standard InChI is InChI=1S/C7H15NO6/c8-1-3(10)5(12)7(14)6(13)4(11)2-9/h4-7,9,11-14H,1-2,8H2/t4-,5+,6-,7-/m1/s1. The van der Waals surface area contributed by atoms with E-state index in [0.717, 1.165) is 0 Å². The number of nitrogens with two attached hydrogens (primary N) is 1. The van der Waals surface area contributed by atoms with Crippen molar-refractivity contribution in [2.75, 3.05) is 13.2 Å². The molecule has 0 fully saturated rings. The lowest BCUT2D eigenvalue weighted by Gasteiger charge is -2.24. The van der Waals surface area contributed by atoms with Crippen LogP contribution >= 0.6 is 0 Å². The number of carbonyl (C=O) groups excluding carboxylic acids is 1. The summed E-state index contributed by atoms with van der Waals surface area (Å²) in [5, 5.41) is 44.6. The normalized spacial score (nSPS) is 19.9. The quantitative estimate of drug-likeness (QED) is 0.261. The lowest BCUT2D eigenvalue weighted by Crippen LogP contribution is -2.49. The molecule has 0 aromatic rings. The van der Waals surface area contributed by atoms with Gasteiger partial charge in [0.25, 0.3) is 0 Å². The molecule has 0 saturated carbocycles. The van der Waals surface area contributed by atoms with Crippen molar-refractivity contribution in [1.82, 2.24) is 0 Å². The van der Waals surface area contributed by atoms with Crippen molar-refractivity contribution in [3.63, 3.8) is 0 Å². The average molecular weight is 209 g/mol. The van der Waals surface area contributed by atoms with E-state index in [1.165, 1.54) is 0 Å². The molecule has 7 heteroatoms. The van der Waals surface area contributed by atoms with Crippen LogP contribution < -0.4 is 5.73 Å². The van der Waals surface area contributed by atoms with Crippen LogP contribution in [-0.2, 0) is 4.79 Å². The predicted octanol–water partition coefficient (Wildman–Crippen LogP) is -4.05. The first-order valence-corrected chi connectivity index (χ1v) is 4.01. The minimum absolute atomic E-state index is 0.486. The van der Waals surface area contributed by atoms with Crippen LogP contribution in [0, 0.1) is 0 Å². The fourth-order valence-corrected chi connectivity index (χ4v) is 0.834. The van der Waals surface area contributed by atoms with Gasteiger partial charge in [0.05, 0.1) is 13.2 Å². The molecule has 0 aliphatic heterocycles. The summed E-state index contributed by atoms with van der Waals surface area (Å²) in [6.07, 6.45) is -7.15. The maximum atomic E-state index is 10.8. The fourth-order valence-electron chi connectivity index (χ4n) is 0.834. The van der Waals surface area contributed by atoms with E-state index in [4.69, 9.17) is 31.3 Å². The number of aliphatic hydroxyl groups is 5. The zero-order chi connectivity index (χ0) is 11.3. The molecule has 0 spiro atoms. The Kier molecular flexibility index (Phi) is 5.77. The third-order valence-electron chi connectivity index (χ3n) is 1.79. The van der Waals surface area contributed by atoms with Gasteiger partial charge in [0.15, 0.2) is 5.78 Å². The van der Waals surface area contributed by atoms with E-state index in [9.17, 15) is 4.79 Å². The minimum atomic E-state index is -1.87. The van der Waals surface area contributed by atoms with E-state index in [2.05, 4.69) is 0 Å². The van der Waals surface area contributed by atoms with E-state index in [-0.39, 0.29) is 0 Å². The summed E-state index contributed by atoms with van der Waals surface area (Å²) in [6.45, 7) is -1.28. The van der Waals surface area contributed by atoms with Crippen molar-refractivity contribution in [2.45, 2.75) is 24.4 Å². The molecule has 0 aliphatic rings. The topological polar surface area (TPSA) is 144 Å². The first-order chi connectivity index (χ1) is 6.45. The van der Waals surface area contributed by atoms with Gasteiger partial charge in [0.1, 0.15) is 24.4 Å². The number of aliphatic hydroxyl groups excluding tert-OH is 5. The van der Waals surface area contributed by atoms with E-state index in [1.807, 2.05) is 0 Å². The molecule has 0 aromatic heterocycles. The molecule has 0 saturated heterocycles. The van der Waals surface area contributed by atoms with Crippen LogP contribution in [0.25, 0.3) is 0 Å². The van der Waals surface area contributed by atoms with Gasteiger partial charge < -0.3 is 31.3 Å². The highest BCUT2D eigenvalue weighted by molar-refractivity contribution is 5.85. The van der Waals surface area contributed by atoms with Gasteiger partial charge >= 0.3 is 0 Å². The molecule has 0 bridgehead atoms. The Labute approximate surface area is 80.4 Å². The molecule has 4 atom stereocenters. The van der Waals surface area contributed by atoms with E-state index in [1.54, 1.807) is 0 Å². The summed E-state index contributed by atoms with van der Waals surface area (Å²) in [7, 11) is 0. The number of ketones is 1. The van der Waals surface area contributed by atoms with Gasteiger partial charge in [-0.3, -0.25) is 4.79 Å². The monoisotopic (exact) mass is 209 g/mol. The summed E-state index contributed by atoms with van der Waals surface area (Å²) in [4.78, 5) is 10.8. The molecule has 7 N–H and O–H groups in total. The van der Waals surface area contributed by atoms with Crippen LogP contribution in [-0.4, -0.2) is 68.9 Å². The predicted molar refractivity (Wildman–Crippen MR) is 45.2 cm³/mol. The molecule has 0 heterocycles. The molecule has 0 rings (SSSR count). The van der Waals surface area contributed by atoms with Gasteiger partial charge in [-0.2, -0.15) is 0 Å². The van der Waals surface area contributed by atoms with Crippen LogP contribution in [0.15, 0.2) is 0 Å². The number of Topliss-reactive ketones (excluding diaryl/α,β-unsaturated/α-hetero) is 1. The molecule has 0 aromatic carbocycles. The minimum Gasteiger partial charge on any atom is -0.394 e. The van der Waals surface area contributed by atoms with Crippen LogP contribution in [0.3, 0.4) is 0 Å². The Morgan fingerprint density at radius 2 is 1.64 bits per heavy atom. The van der Waals surface area contributed by atoms with Gasteiger partial charge in [-0.1, -0.05) is 0 Å². The largest absolute Gasteiger partial charge is 0.394 e. The second-order valence-electron chi connectivity index (χ2n) is 2.85. The van der Waals surface area contributed by atoms with E-state index < -0.39 is 43.4 Å². The highest BCUT2D eigenvalue weighted by atomic mass is 16.4. The Balaban J connectivity index is 4.30. The molecule has 0 amide bonds. The summed E-state index contributed by atoms with van der Waals surface area (Å²) in [5.74, 6) is -0.860. The molecular weight excluding hydrogens is 194 g/mol. The number of rotatable bonds is 6. The molecule has 84 valence electrons. The molecule has 0 unspecified atom stereocenters. The summed E-state index contributed by atoms with van der Waals surface area (Å²) in [6, 6.07) is 0. The highest BCUT2D eigenvalue weighted by Crippen LogP contribution is 2.05. The van der Waals surface area contributed by atoms with Crippen molar-refractivity contribution < 1.29 is 30.3 Å². The maximum Gasteiger partial charge on any atom is 0.177 e. The van der Waals surface area contributed by atoms with Crippen molar-refractivity contribution >= 4 is 5.78 Å². The second kappa shape index (κ2) is 6.02. The van der Waals surface area contributed by atoms with Crippen molar-refractivity contribution in [1.29, 1.82) is 0 Å².